The monoisotopic (exact) mass is 402 g/mol. The number of hydrogen-bond acceptors (Lipinski definition) is 1. The minimum absolute atomic E-state index is 0.00456. The second-order valence-electron chi connectivity index (χ2n) is 5.97. The van der Waals surface area contributed by atoms with Crippen LogP contribution in [0.2, 0.25) is 0 Å². The summed E-state index contributed by atoms with van der Waals surface area (Å²) in [4.78, 5) is 12.3. The molecule has 1 unspecified atom stereocenters. The van der Waals surface area contributed by atoms with E-state index in [1.807, 2.05) is 13.1 Å². The van der Waals surface area contributed by atoms with Crippen LogP contribution in [0.25, 0.3) is 11.0 Å². The van der Waals surface area contributed by atoms with Crippen LogP contribution in [0.4, 0.5) is 0 Å². The fourth-order valence-corrected chi connectivity index (χ4v) is 3.90. The number of benzene rings is 1. The van der Waals surface area contributed by atoms with Crippen LogP contribution in [0.5, 0.6) is 0 Å². The first-order valence-corrected chi connectivity index (χ1v) is 8.40. The van der Waals surface area contributed by atoms with Gasteiger partial charge in [-0.2, -0.15) is 0 Å². The molecule has 0 aliphatic rings. The van der Waals surface area contributed by atoms with Gasteiger partial charge < -0.3 is 0 Å². The molecule has 0 aliphatic carbocycles. The van der Waals surface area contributed by atoms with E-state index >= 15 is 0 Å². The van der Waals surface area contributed by atoms with Gasteiger partial charge in [-0.25, -0.2) is 4.79 Å². The van der Waals surface area contributed by atoms with Crippen molar-refractivity contribution in [2.24, 2.45) is 19.5 Å². The molecule has 0 amide bonds. The molecule has 1 aromatic carbocycles. The van der Waals surface area contributed by atoms with Crippen LogP contribution in [0.3, 0.4) is 0 Å². The Bertz CT molecular complexity index is 713. The highest BCUT2D eigenvalue weighted by Crippen LogP contribution is 2.45. The average Bonchev–Trinajstić information content (AvgIpc) is 2.62. The molecule has 110 valence electrons. The Morgan fingerprint density at radius 1 is 1.20 bits per heavy atom. The lowest BCUT2D eigenvalue weighted by Gasteiger charge is -2.30. The van der Waals surface area contributed by atoms with Crippen molar-refractivity contribution in [1.29, 1.82) is 0 Å². The van der Waals surface area contributed by atoms with E-state index in [0.717, 1.165) is 21.9 Å². The molecule has 0 spiro atoms. The molecule has 0 fully saturated rings. The Labute approximate surface area is 136 Å². The first kappa shape index (κ1) is 15.8. The Morgan fingerprint density at radius 2 is 1.70 bits per heavy atom. The molecule has 0 saturated heterocycles. The molecule has 0 radical (unpaired) electrons. The Kier molecular flexibility index (Phi) is 4.22. The van der Waals surface area contributed by atoms with Gasteiger partial charge in [-0.3, -0.25) is 9.13 Å². The zero-order valence-electron chi connectivity index (χ0n) is 12.5. The first-order valence-electron chi connectivity index (χ1n) is 6.69. The fraction of sp³-hybridized carbons (Fsp3) is 0.533. The molecule has 20 heavy (non-hydrogen) atoms. The Balaban J connectivity index is 2.71. The van der Waals surface area contributed by atoms with Gasteiger partial charge in [-0.1, -0.05) is 52.6 Å². The third-order valence-electron chi connectivity index (χ3n) is 4.26. The van der Waals surface area contributed by atoms with Gasteiger partial charge in [0.1, 0.15) is 0 Å². The zero-order chi connectivity index (χ0) is 15.2. The predicted molar refractivity (Wildman–Crippen MR) is 91.6 cm³/mol. The molecule has 1 aromatic heterocycles. The van der Waals surface area contributed by atoms with Crippen LogP contribution in [0, 0.1) is 5.41 Å². The van der Waals surface area contributed by atoms with E-state index in [-0.39, 0.29) is 15.9 Å². The number of aromatic nitrogens is 2. The number of imidazole rings is 1. The van der Waals surface area contributed by atoms with E-state index in [1.165, 1.54) is 5.56 Å². The van der Waals surface area contributed by atoms with Gasteiger partial charge in [0.05, 0.1) is 11.0 Å². The maximum Gasteiger partial charge on any atom is 0.328 e. The van der Waals surface area contributed by atoms with Crippen molar-refractivity contribution in [3.63, 3.8) is 0 Å². The van der Waals surface area contributed by atoms with Gasteiger partial charge in [-0.15, -0.1) is 0 Å². The third kappa shape index (κ3) is 2.39. The summed E-state index contributed by atoms with van der Waals surface area (Å²) in [6.45, 7) is 6.68. The maximum absolute atomic E-state index is 12.0. The normalized spacial score (nSPS) is 13.9. The SMILES string of the molecule is CCC(C)(C)C(Br)c1cc2c(cc1Br)n(C)c(=O)n2C. The molecule has 0 saturated carbocycles. The number of hydrogen-bond donors (Lipinski definition) is 0. The highest BCUT2D eigenvalue weighted by Gasteiger charge is 2.29. The molecule has 1 heterocycles. The standard InChI is InChI=1S/C15H20Br2N2O/c1-6-15(2,3)13(17)9-7-11-12(8-10(9)16)19(5)14(20)18(11)4/h7-8,13H,6H2,1-5H3. The number of halogens is 2. The molecular formula is C15H20Br2N2O. The largest absolute Gasteiger partial charge is 0.328 e. The highest BCUT2D eigenvalue weighted by atomic mass is 79.9. The summed E-state index contributed by atoms with van der Waals surface area (Å²) in [5, 5.41) is 0. The molecule has 0 N–H and O–H groups in total. The lowest BCUT2D eigenvalue weighted by Crippen LogP contribution is -2.19. The summed E-state index contributed by atoms with van der Waals surface area (Å²) in [6, 6.07) is 4.14. The van der Waals surface area contributed by atoms with Crippen molar-refractivity contribution >= 4 is 42.9 Å². The van der Waals surface area contributed by atoms with Crippen LogP contribution in [0.1, 0.15) is 37.6 Å². The van der Waals surface area contributed by atoms with E-state index in [9.17, 15) is 4.79 Å². The van der Waals surface area contributed by atoms with E-state index < -0.39 is 0 Å². The van der Waals surface area contributed by atoms with Crippen molar-refractivity contribution < 1.29 is 0 Å². The molecule has 0 bridgehead atoms. The summed E-state index contributed by atoms with van der Waals surface area (Å²) in [7, 11) is 3.62. The highest BCUT2D eigenvalue weighted by molar-refractivity contribution is 9.11. The number of aryl methyl sites for hydroxylation is 2. The summed E-state index contributed by atoms with van der Waals surface area (Å²) >= 11 is 7.48. The zero-order valence-corrected chi connectivity index (χ0v) is 15.7. The molecule has 5 heteroatoms. The first-order chi connectivity index (χ1) is 9.20. The van der Waals surface area contributed by atoms with E-state index in [4.69, 9.17) is 0 Å². The predicted octanol–water partition coefficient (Wildman–Crippen LogP) is 4.51. The second kappa shape index (κ2) is 5.34. The van der Waals surface area contributed by atoms with Gasteiger partial charge in [0.15, 0.2) is 0 Å². The van der Waals surface area contributed by atoms with Crippen molar-refractivity contribution in [2.75, 3.05) is 0 Å². The lowest BCUT2D eigenvalue weighted by atomic mass is 9.83. The summed E-state index contributed by atoms with van der Waals surface area (Å²) in [5.41, 5.74) is 3.24. The number of fused-ring (bicyclic) bond motifs is 1. The average molecular weight is 404 g/mol. The summed E-state index contributed by atoms with van der Waals surface area (Å²) in [6.07, 6.45) is 1.07. The molecule has 0 aliphatic heterocycles. The van der Waals surface area contributed by atoms with Crippen molar-refractivity contribution in [2.45, 2.75) is 32.0 Å². The Hall–Kier alpha value is -0.550. The van der Waals surface area contributed by atoms with Crippen molar-refractivity contribution in [3.05, 3.63) is 32.7 Å². The van der Waals surface area contributed by atoms with E-state index in [0.29, 0.717) is 0 Å². The van der Waals surface area contributed by atoms with Gasteiger partial charge in [-0.05, 0) is 29.5 Å². The van der Waals surface area contributed by atoms with Gasteiger partial charge in [0.25, 0.3) is 0 Å². The van der Waals surface area contributed by atoms with Crippen molar-refractivity contribution in [1.82, 2.24) is 9.13 Å². The number of alkyl halides is 1. The quantitative estimate of drug-likeness (QED) is 0.692. The van der Waals surface area contributed by atoms with Crippen LogP contribution in [-0.4, -0.2) is 9.13 Å². The minimum Gasteiger partial charge on any atom is -0.295 e. The molecule has 2 aromatic rings. The van der Waals surface area contributed by atoms with Crippen LogP contribution in [-0.2, 0) is 14.1 Å². The topological polar surface area (TPSA) is 26.9 Å². The second-order valence-corrected chi connectivity index (χ2v) is 7.74. The van der Waals surface area contributed by atoms with E-state index in [2.05, 4.69) is 58.7 Å². The minimum atomic E-state index is 0.00456. The number of rotatable bonds is 3. The smallest absolute Gasteiger partial charge is 0.295 e. The fourth-order valence-electron chi connectivity index (χ4n) is 2.33. The van der Waals surface area contributed by atoms with E-state index in [1.54, 1.807) is 16.2 Å². The van der Waals surface area contributed by atoms with Gasteiger partial charge in [0, 0.05) is 23.4 Å². The third-order valence-corrected chi connectivity index (χ3v) is 6.68. The van der Waals surface area contributed by atoms with Crippen molar-refractivity contribution in [3.8, 4) is 0 Å². The van der Waals surface area contributed by atoms with Crippen LogP contribution >= 0.6 is 31.9 Å². The molecule has 3 nitrogen and oxygen atoms in total. The maximum atomic E-state index is 12.0. The molecular weight excluding hydrogens is 384 g/mol. The number of nitrogens with zero attached hydrogens (tertiary/aromatic N) is 2. The summed E-state index contributed by atoms with van der Waals surface area (Å²) < 4.78 is 4.41. The van der Waals surface area contributed by atoms with Crippen LogP contribution < -0.4 is 5.69 Å². The lowest BCUT2D eigenvalue weighted by molar-refractivity contribution is 0.345. The molecule has 1 atom stereocenters. The Morgan fingerprint density at radius 3 is 2.20 bits per heavy atom. The van der Waals surface area contributed by atoms with Gasteiger partial charge >= 0.3 is 5.69 Å². The van der Waals surface area contributed by atoms with Crippen LogP contribution in [0.15, 0.2) is 21.4 Å². The molecule has 2 rings (SSSR count). The summed E-state index contributed by atoms with van der Waals surface area (Å²) in [5.74, 6) is 0. The van der Waals surface area contributed by atoms with Gasteiger partial charge in [0.2, 0.25) is 0 Å².